The monoisotopic (exact) mass is 844 g/mol. The largest absolute Gasteiger partial charge is 0.309 e. The van der Waals surface area contributed by atoms with Crippen molar-refractivity contribution in [1.29, 1.82) is 0 Å². The summed E-state index contributed by atoms with van der Waals surface area (Å²) in [5, 5.41) is 5.92. The van der Waals surface area contributed by atoms with E-state index in [1.54, 1.807) is 17.4 Å². The Morgan fingerprint density at radius 3 is 1.97 bits per heavy atom. The maximum atomic E-state index is 9.85. The predicted molar refractivity (Wildman–Crippen MR) is 269 cm³/mol. The first kappa shape index (κ1) is 26.3. The number of thiophene rings is 1. The van der Waals surface area contributed by atoms with Crippen molar-refractivity contribution in [2.24, 2.45) is 0 Å². The molecule has 0 aliphatic carbocycles. The molecule has 0 spiro atoms. The summed E-state index contributed by atoms with van der Waals surface area (Å²) < 4.78 is 113. The van der Waals surface area contributed by atoms with Gasteiger partial charge < -0.3 is 4.57 Å². The van der Waals surface area contributed by atoms with Gasteiger partial charge in [-0.25, -0.2) is 15.0 Å². The SMILES string of the molecule is [2H]c1c([2H])c([2H])c(-c2c([2H])c([2H])c3c(c2[2H])c2c([2H])c([2H])c([2H])c([2H])c2n3-c2ccc(-c3cccc4cc5ccccc5cc34)cc2-c2nc(-c3ccccc3)nc(-c3ccc4c(c3)sc3ccccc34)n2)c([2H])c1[2H]. The topological polar surface area (TPSA) is 43.6 Å². The van der Waals surface area contributed by atoms with Crippen LogP contribution < -0.4 is 0 Å². The fourth-order valence-electron chi connectivity index (χ4n) is 8.76. The first-order valence-electron chi connectivity index (χ1n) is 26.6. The summed E-state index contributed by atoms with van der Waals surface area (Å²) in [5.41, 5.74) is 2.35. The molecule has 10 aromatic carbocycles. The minimum atomic E-state index is -0.704. The van der Waals surface area contributed by atoms with Crippen LogP contribution >= 0.6 is 11.3 Å². The number of aromatic nitrogens is 4. The van der Waals surface area contributed by atoms with E-state index in [1.165, 1.54) is 4.57 Å². The second-order valence-electron chi connectivity index (χ2n) is 15.5. The molecule has 5 heteroatoms. The molecule has 0 bridgehead atoms. The Labute approximate surface area is 389 Å². The van der Waals surface area contributed by atoms with Crippen molar-refractivity contribution in [3.8, 4) is 62.1 Å². The molecular weight excluding hydrogens is 797 g/mol. The molecule has 64 heavy (non-hydrogen) atoms. The van der Waals surface area contributed by atoms with Crippen molar-refractivity contribution in [3.05, 3.63) is 218 Å². The maximum Gasteiger partial charge on any atom is 0.166 e. The molecule has 0 fully saturated rings. The van der Waals surface area contributed by atoms with Gasteiger partial charge in [-0.2, -0.15) is 0 Å². The molecule has 0 unspecified atom stereocenters. The van der Waals surface area contributed by atoms with Gasteiger partial charge in [0.1, 0.15) is 0 Å². The van der Waals surface area contributed by atoms with Crippen molar-refractivity contribution in [1.82, 2.24) is 19.5 Å². The fraction of sp³-hybridized carbons (Fsp3) is 0. The lowest BCUT2D eigenvalue weighted by Gasteiger charge is -2.17. The van der Waals surface area contributed by atoms with E-state index in [9.17, 15) is 6.85 Å². The molecule has 0 radical (unpaired) electrons. The van der Waals surface area contributed by atoms with Gasteiger partial charge in [0, 0.05) is 47.6 Å². The molecule has 0 aliphatic rings. The highest BCUT2D eigenvalue weighted by molar-refractivity contribution is 7.25. The Balaban J connectivity index is 1.17. The van der Waals surface area contributed by atoms with Crippen LogP contribution in [0.1, 0.15) is 16.4 Å². The lowest BCUT2D eigenvalue weighted by atomic mass is 9.94. The Bertz CT molecular complexity index is 4660. The third-order valence-corrected chi connectivity index (χ3v) is 12.9. The Morgan fingerprint density at radius 1 is 0.375 bits per heavy atom. The molecule has 3 heterocycles. The van der Waals surface area contributed by atoms with Crippen molar-refractivity contribution in [2.75, 3.05) is 0 Å². The first-order chi connectivity index (χ1) is 36.7. The second-order valence-corrected chi connectivity index (χ2v) is 16.6. The normalized spacial score (nSPS) is 14.4. The number of para-hydroxylation sites is 1. The molecule has 13 rings (SSSR count). The molecule has 0 saturated heterocycles. The summed E-state index contributed by atoms with van der Waals surface area (Å²) in [4.78, 5) is 15.5. The van der Waals surface area contributed by atoms with Crippen LogP contribution in [0.15, 0.2) is 218 Å². The molecule has 3 aromatic heterocycles. The standard InChI is InChI=1S/C59H36N4S/c1-3-14-37(15-4-1)41-27-30-53-50(34-41)46-21-9-11-24-52(46)63(53)54-31-28-43(45-23-13-20-42-32-39-18-7-8-19-40(39)33-49(42)45)35-51(54)59-61-57(38-16-5-2-6-17-38)60-58(62-59)44-26-29-48-47-22-10-12-25-55(47)64-56(48)36-44/h1-36H/i1D,3D,4D,9D,11D,14D,15D,21D,24D,27D,30D,34D. The van der Waals surface area contributed by atoms with Gasteiger partial charge in [-0.15, -0.1) is 11.3 Å². The van der Waals surface area contributed by atoms with Crippen LogP contribution in [0.2, 0.25) is 0 Å². The van der Waals surface area contributed by atoms with Crippen LogP contribution in [-0.4, -0.2) is 19.5 Å². The van der Waals surface area contributed by atoms with Crippen LogP contribution in [-0.2, 0) is 0 Å². The number of nitrogens with zero attached hydrogens (tertiary/aromatic N) is 4. The number of hydrogen-bond acceptors (Lipinski definition) is 4. The zero-order valence-electron chi connectivity index (χ0n) is 45.6. The van der Waals surface area contributed by atoms with Crippen molar-refractivity contribution >= 4 is 74.9 Å². The fourth-order valence-corrected chi connectivity index (χ4v) is 9.90. The summed E-state index contributed by atoms with van der Waals surface area (Å²) in [7, 11) is 0. The van der Waals surface area contributed by atoms with Crippen molar-refractivity contribution in [2.45, 2.75) is 0 Å². The molecule has 298 valence electrons. The maximum absolute atomic E-state index is 9.85. The highest BCUT2D eigenvalue weighted by Crippen LogP contribution is 2.42. The molecule has 4 nitrogen and oxygen atoms in total. The first-order valence-corrected chi connectivity index (χ1v) is 21.4. The summed E-state index contributed by atoms with van der Waals surface area (Å²) in [6.45, 7) is 0. The molecule has 0 atom stereocenters. The highest BCUT2D eigenvalue weighted by Gasteiger charge is 2.22. The Hall–Kier alpha value is -8.25. The van der Waals surface area contributed by atoms with Gasteiger partial charge in [-0.05, 0) is 98.3 Å². The summed E-state index contributed by atoms with van der Waals surface area (Å²) in [6, 6.07) is 40.2. The van der Waals surface area contributed by atoms with E-state index < -0.39 is 83.6 Å². The molecule has 0 N–H and O–H groups in total. The van der Waals surface area contributed by atoms with Gasteiger partial charge >= 0.3 is 0 Å². The van der Waals surface area contributed by atoms with E-state index in [1.807, 2.05) is 84.9 Å². The highest BCUT2D eigenvalue weighted by atomic mass is 32.1. The number of fused-ring (bicyclic) bond motifs is 8. The molecule has 0 amide bonds. The molecule has 0 saturated carbocycles. The number of rotatable bonds is 6. The lowest BCUT2D eigenvalue weighted by molar-refractivity contribution is 1.07. The van der Waals surface area contributed by atoms with Gasteiger partial charge in [0.15, 0.2) is 17.5 Å². The second kappa shape index (κ2) is 14.7. The van der Waals surface area contributed by atoms with Crippen LogP contribution in [0.3, 0.4) is 0 Å². The third-order valence-electron chi connectivity index (χ3n) is 11.7. The van der Waals surface area contributed by atoms with Crippen LogP contribution in [0, 0.1) is 0 Å². The summed E-state index contributed by atoms with van der Waals surface area (Å²) >= 11 is 1.65. The minimum Gasteiger partial charge on any atom is -0.309 e. The van der Waals surface area contributed by atoms with Crippen LogP contribution in [0.4, 0.5) is 0 Å². The van der Waals surface area contributed by atoms with E-state index in [4.69, 9.17) is 24.5 Å². The van der Waals surface area contributed by atoms with E-state index in [0.717, 1.165) is 52.8 Å². The predicted octanol–water partition coefficient (Wildman–Crippen LogP) is 16.0. The van der Waals surface area contributed by atoms with E-state index in [0.29, 0.717) is 28.3 Å². The minimum absolute atomic E-state index is 0.126. The molecular formula is C59H36N4S. The lowest BCUT2D eigenvalue weighted by Crippen LogP contribution is -2.04. The van der Waals surface area contributed by atoms with Gasteiger partial charge in [-0.1, -0.05) is 164 Å². The number of hydrogen-bond donors (Lipinski definition) is 0. The van der Waals surface area contributed by atoms with Gasteiger partial charge in [0.05, 0.1) is 33.2 Å². The zero-order chi connectivity index (χ0) is 52.6. The van der Waals surface area contributed by atoms with Crippen LogP contribution in [0.25, 0.3) is 126 Å². The summed E-state index contributed by atoms with van der Waals surface area (Å²) in [6.07, 6.45) is 0. The van der Waals surface area contributed by atoms with Gasteiger partial charge in [-0.3, -0.25) is 0 Å². The Kier molecular flexibility index (Phi) is 6.03. The number of benzene rings is 10. The van der Waals surface area contributed by atoms with E-state index in [2.05, 4.69) is 54.6 Å². The van der Waals surface area contributed by atoms with Crippen molar-refractivity contribution in [3.63, 3.8) is 0 Å². The molecule has 13 aromatic rings. The van der Waals surface area contributed by atoms with Gasteiger partial charge in [0.2, 0.25) is 0 Å². The molecule has 0 aliphatic heterocycles. The Morgan fingerprint density at radius 2 is 1.08 bits per heavy atom. The van der Waals surface area contributed by atoms with E-state index in [-0.39, 0.29) is 33.3 Å². The third kappa shape index (κ3) is 6.01. The summed E-state index contributed by atoms with van der Waals surface area (Å²) in [5.74, 6) is 0.838. The average molecular weight is 845 g/mol. The van der Waals surface area contributed by atoms with E-state index >= 15 is 0 Å². The van der Waals surface area contributed by atoms with Gasteiger partial charge in [0.25, 0.3) is 0 Å². The van der Waals surface area contributed by atoms with Crippen LogP contribution in [0.5, 0.6) is 0 Å². The smallest absolute Gasteiger partial charge is 0.166 e. The zero-order valence-corrected chi connectivity index (χ0v) is 34.4. The quantitative estimate of drug-likeness (QED) is 0.157. The van der Waals surface area contributed by atoms with Crippen molar-refractivity contribution < 1.29 is 16.4 Å². The average Bonchev–Trinajstić information content (AvgIpc) is 4.24.